The minimum atomic E-state index is -0.419. The van der Waals surface area contributed by atoms with E-state index in [-0.39, 0.29) is 11.8 Å². The molecule has 1 unspecified atom stereocenters. The highest BCUT2D eigenvalue weighted by Crippen LogP contribution is 2.23. The molecule has 2 amide bonds. The molecule has 37 heavy (non-hydrogen) atoms. The van der Waals surface area contributed by atoms with Crippen molar-refractivity contribution in [2.24, 2.45) is 0 Å². The Balaban J connectivity index is 1.57. The van der Waals surface area contributed by atoms with Gasteiger partial charge in [-0.25, -0.2) is 0 Å². The maximum Gasteiger partial charge on any atom is 0.252 e. The van der Waals surface area contributed by atoms with E-state index in [2.05, 4.69) is 55.5 Å². The predicted molar refractivity (Wildman–Crippen MR) is 151 cm³/mol. The monoisotopic (exact) mass is 506 g/mol. The van der Waals surface area contributed by atoms with Gasteiger partial charge in [0.2, 0.25) is 5.91 Å². The normalized spacial score (nSPS) is 14.4. The van der Waals surface area contributed by atoms with E-state index in [1.54, 1.807) is 0 Å². The predicted octanol–water partition coefficient (Wildman–Crippen LogP) is 6.63. The molecule has 0 N–H and O–H groups in total. The largest absolute Gasteiger partial charge is 0.368 e. The van der Waals surface area contributed by atoms with Crippen LogP contribution in [0.15, 0.2) is 48.5 Å². The molecule has 5 nitrogen and oxygen atoms in total. The number of carbonyl (C=O) groups excluding carboxylic acids is 2. The Kier molecular flexibility index (Phi) is 12.2. The molecule has 1 saturated heterocycles. The first kappa shape index (κ1) is 28.9. The number of nitrogens with zero attached hydrogens (tertiary/aromatic N) is 2. The fourth-order valence-corrected chi connectivity index (χ4v) is 5.07. The van der Waals surface area contributed by atoms with Crippen LogP contribution in [-0.2, 0) is 27.3 Å². The van der Waals surface area contributed by atoms with Crippen molar-refractivity contribution in [1.29, 1.82) is 0 Å². The SMILES string of the molecule is CCCCCCCC(=O)N(C)Cc1cccc(-c2ccc(CC(OCC)C(=O)N3CCCCC3)cc2)c1. The number of ether oxygens (including phenoxy) is 1. The second-order valence-electron chi connectivity index (χ2n) is 10.3. The number of piperidine rings is 1. The van der Waals surface area contributed by atoms with Crippen molar-refractivity contribution in [3.05, 3.63) is 59.7 Å². The molecular formula is C32H46N2O3. The smallest absolute Gasteiger partial charge is 0.252 e. The summed E-state index contributed by atoms with van der Waals surface area (Å²) in [5.41, 5.74) is 4.50. The topological polar surface area (TPSA) is 49.9 Å². The average Bonchev–Trinajstić information content (AvgIpc) is 2.93. The van der Waals surface area contributed by atoms with Crippen LogP contribution in [0.25, 0.3) is 11.1 Å². The van der Waals surface area contributed by atoms with E-state index in [0.717, 1.165) is 61.0 Å². The summed E-state index contributed by atoms with van der Waals surface area (Å²) in [7, 11) is 1.90. The summed E-state index contributed by atoms with van der Waals surface area (Å²) in [6.45, 7) is 7.00. The summed E-state index contributed by atoms with van der Waals surface area (Å²) >= 11 is 0. The summed E-state index contributed by atoms with van der Waals surface area (Å²) in [6.07, 6.45) is 9.98. The second-order valence-corrected chi connectivity index (χ2v) is 10.3. The summed E-state index contributed by atoms with van der Waals surface area (Å²) in [5, 5.41) is 0. The molecule has 202 valence electrons. The van der Waals surface area contributed by atoms with E-state index in [1.807, 2.05) is 23.8 Å². The van der Waals surface area contributed by atoms with Crippen LogP contribution in [0.1, 0.15) is 82.8 Å². The molecule has 2 aromatic carbocycles. The number of rotatable bonds is 14. The van der Waals surface area contributed by atoms with Crippen molar-refractivity contribution >= 4 is 11.8 Å². The quantitative estimate of drug-likeness (QED) is 0.270. The van der Waals surface area contributed by atoms with Gasteiger partial charge >= 0.3 is 0 Å². The van der Waals surface area contributed by atoms with Crippen molar-refractivity contribution in [3.8, 4) is 11.1 Å². The van der Waals surface area contributed by atoms with Gasteiger partial charge in [0.1, 0.15) is 6.10 Å². The molecule has 1 aliphatic heterocycles. The lowest BCUT2D eigenvalue weighted by Crippen LogP contribution is -2.44. The van der Waals surface area contributed by atoms with Crippen molar-refractivity contribution in [2.45, 2.75) is 90.7 Å². The fourth-order valence-electron chi connectivity index (χ4n) is 5.07. The number of amides is 2. The lowest BCUT2D eigenvalue weighted by molar-refractivity contribution is -0.144. The standard InChI is InChI=1S/C32H46N2O3/c1-4-6-7-8-10-16-31(35)33(3)25-27-14-13-15-29(23-27)28-19-17-26(18-20-28)24-30(37-5-2)32(36)34-21-11-9-12-22-34/h13-15,17-20,23,30H,4-12,16,21-22,24-25H2,1-3H3. The third-order valence-electron chi connectivity index (χ3n) is 7.29. The van der Waals surface area contributed by atoms with Crippen molar-refractivity contribution < 1.29 is 14.3 Å². The molecule has 0 bridgehead atoms. The summed E-state index contributed by atoms with van der Waals surface area (Å²) in [4.78, 5) is 29.4. The molecule has 0 spiro atoms. The number of likely N-dealkylation sites (tertiary alicyclic amines) is 1. The Labute approximate surface area is 224 Å². The minimum Gasteiger partial charge on any atom is -0.368 e. The zero-order chi connectivity index (χ0) is 26.5. The Morgan fingerprint density at radius 1 is 0.892 bits per heavy atom. The van der Waals surface area contributed by atoms with Gasteiger partial charge < -0.3 is 14.5 Å². The van der Waals surface area contributed by atoms with Crippen LogP contribution >= 0.6 is 0 Å². The summed E-state index contributed by atoms with van der Waals surface area (Å²) in [5.74, 6) is 0.340. The van der Waals surface area contributed by atoms with E-state index in [4.69, 9.17) is 4.74 Å². The van der Waals surface area contributed by atoms with Gasteiger partial charge in [-0.1, -0.05) is 75.1 Å². The van der Waals surface area contributed by atoms with Gasteiger partial charge in [-0.3, -0.25) is 9.59 Å². The zero-order valence-electron chi connectivity index (χ0n) is 23.2. The van der Waals surface area contributed by atoms with Crippen LogP contribution in [0, 0.1) is 0 Å². The molecule has 3 rings (SSSR count). The van der Waals surface area contributed by atoms with E-state index >= 15 is 0 Å². The highest BCUT2D eigenvalue weighted by molar-refractivity contribution is 5.81. The highest BCUT2D eigenvalue weighted by Gasteiger charge is 2.26. The first-order chi connectivity index (χ1) is 18.0. The van der Waals surface area contributed by atoms with Crippen LogP contribution in [0.2, 0.25) is 0 Å². The molecule has 1 heterocycles. The molecule has 2 aromatic rings. The molecule has 0 aliphatic carbocycles. The first-order valence-corrected chi connectivity index (χ1v) is 14.3. The fraction of sp³-hybridized carbons (Fsp3) is 0.562. The molecule has 0 aromatic heterocycles. The lowest BCUT2D eigenvalue weighted by Gasteiger charge is -2.30. The van der Waals surface area contributed by atoms with Crippen LogP contribution < -0.4 is 0 Å². The molecule has 1 aliphatic rings. The third kappa shape index (κ3) is 9.30. The Morgan fingerprint density at radius 2 is 1.62 bits per heavy atom. The Morgan fingerprint density at radius 3 is 2.32 bits per heavy atom. The number of carbonyl (C=O) groups is 2. The van der Waals surface area contributed by atoms with Crippen LogP contribution in [0.3, 0.4) is 0 Å². The number of benzene rings is 2. The maximum atomic E-state index is 13.0. The van der Waals surface area contributed by atoms with Gasteiger partial charge in [-0.05, 0) is 60.9 Å². The van der Waals surface area contributed by atoms with Crippen LogP contribution in [0.5, 0.6) is 0 Å². The summed E-state index contributed by atoms with van der Waals surface area (Å²) in [6, 6.07) is 16.9. The van der Waals surface area contributed by atoms with Gasteiger partial charge in [0, 0.05) is 46.1 Å². The van der Waals surface area contributed by atoms with Gasteiger partial charge in [0.05, 0.1) is 0 Å². The number of hydrogen-bond donors (Lipinski definition) is 0. The van der Waals surface area contributed by atoms with Crippen molar-refractivity contribution in [1.82, 2.24) is 9.80 Å². The average molecular weight is 507 g/mol. The van der Waals surface area contributed by atoms with Crippen LogP contribution in [0.4, 0.5) is 0 Å². The molecule has 0 radical (unpaired) electrons. The molecule has 0 saturated carbocycles. The van der Waals surface area contributed by atoms with Crippen LogP contribution in [-0.4, -0.2) is 54.5 Å². The maximum absolute atomic E-state index is 13.0. The summed E-state index contributed by atoms with van der Waals surface area (Å²) < 4.78 is 5.87. The molecule has 5 heteroatoms. The molecular weight excluding hydrogens is 460 g/mol. The van der Waals surface area contributed by atoms with Gasteiger partial charge in [0.25, 0.3) is 5.91 Å². The first-order valence-electron chi connectivity index (χ1n) is 14.3. The van der Waals surface area contributed by atoms with Gasteiger partial charge in [-0.15, -0.1) is 0 Å². The third-order valence-corrected chi connectivity index (χ3v) is 7.29. The van der Waals surface area contributed by atoms with E-state index < -0.39 is 6.10 Å². The minimum absolute atomic E-state index is 0.123. The molecule has 1 atom stereocenters. The van der Waals surface area contributed by atoms with Crippen molar-refractivity contribution in [3.63, 3.8) is 0 Å². The Hall–Kier alpha value is -2.66. The number of hydrogen-bond acceptors (Lipinski definition) is 3. The van der Waals surface area contributed by atoms with E-state index in [0.29, 0.717) is 26.0 Å². The van der Waals surface area contributed by atoms with Gasteiger partial charge in [0.15, 0.2) is 0 Å². The van der Waals surface area contributed by atoms with Crippen molar-refractivity contribution in [2.75, 3.05) is 26.7 Å². The number of unbranched alkanes of at least 4 members (excludes halogenated alkanes) is 4. The van der Waals surface area contributed by atoms with Gasteiger partial charge in [-0.2, -0.15) is 0 Å². The molecule has 1 fully saturated rings. The second kappa shape index (κ2) is 15.6. The highest BCUT2D eigenvalue weighted by atomic mass is 16.5. The Bertz CT molecular complexity index is 966. The zero-order valence-corrected chi connectivity index (χ0v) is 23.2. The van der Waals surface area contributed by atoms with E-state index in [9.17, 15) is 9.59 Å². The lowest BCUT2D eigenvalue weighted by atomic mass is 9.99. The van der Waals surface area contributed by atoms with E-state index in [1.165, 1.54) is 25.7 Å².